The minimum absolute atomic E-state index is 0.0744. The van der Waals surface area contributed by atoms with Crippen LogP contribution in [0.25, 0.3) is 0 Å². The molecule has 4 nitrogen and oxygen atoms in total. The summed E-state index contributed by atoms with van der Waals surface area (Å²) in [5, 5.41) is 18.0. The molecular formula is C10H10F3NO3. The molecule has 0 aliphatic heterocycles. The molecule has 2 N–H and O–H groups in total. The van der Waals surface area contributed by atoms with Gasteiger partial charge in [0.05, 0.1) is 5.56 Å². The maximum absolute atomic E-state index is 12.2. The first-order valence-electron chi connectivity index (χ1n) is 4.61. The molecule has 1 heterocycles. The van der Waals surface area contributed by atoms with E-state index in [1.807, 2.05) is 0 Å². The third-order valence-corrected chi connectivity index (χ3v) is 2.14. The number of nitrogens with zero attached hydrogens (tertiary/aromatic N) is 1. The number of carboxylic acids is 1. The zero-order valence-corrected chi connectivity index (χ0v) is 8.82. The van der Waals surface area contributed by atoms with Crippen LogP contribution in [0.4, 0.5) is 13.2 Å². The summed E-state index contributed by atoms with van der Waals surface area (Å²) >= 11 is 0. The first-order valence-corrected chi connectivity index (χ1v) is 4.61. The van der Waals surface area contributed by atoms with Crippen molar-refractivity contribution < 1.29 is 28.2 Å². The average Bonchev–Trinajstić information content (AvgIpc) is 2.16. The largest absolute Gasteiger partial charge is 0.479 e. The van der Waals surface area contributed by atoms with Crippen LogP contribution in [-0.4, -0.2) is 26.8 Å². The molecule has 94 valence electrons. The number of carbonyl (C=O) groups is 1. The summed E-state index contributed by atoms with van der Waals surface area (Å²) in [6.07, 6.45) is -4.24. The summed E-state index contributed by atoms with van der Waals surface area (Å²) in [5.41, 5.74) is -2.89. The monoisotopic (exact) mass is 249 g/mol. The molecule has 0 radical (unpaired) electrons. The molecule has 0 amide bonds. The van der Waals surface area contributed by atoms with Gasteiger partial charge in [-0.25, -0.2) is 4.79 Å². The van der Waals surface area contributed by atoms with Gasteiger partial charge in [0.2, 0.25) is 0 Å². The molecule has 0 aliphatic carbocycles. The maximum Gasteiger partial charge on any atom is 0.417 e. The number of halogens is 3. The minimum atomic E-state index is -4.49. The van der Waals surface area contributed by atoms with Crippen molar-refractivity contribution in [2.24, 2.45) is 0 Å². The van der Waals surface area contributed by atoms with Crippen molar-refractivity contribution in [2.75, 3.05) is 0 Å². The second kappa shape index (κ2) is 4.33. The second-order valence-electron chi connectivity index (χ2n) is 3.79. The Hall–Kier alpha value is -1.63. The predicted molar refractivity (Wildman–Crippen MR) is 51.2 cm³/mol. The Morgan fingerprint density at radius 3 is 2.35 bits per heavy atom. The topological polar surface area (TPSA) is 70.4 Å². The third-order valence-electron chi connectivity index (χ3n) is 2.14. The third kappa shape index (κ3) is 3.42. The Balaban J connectivity index is 2.86. The van der Waals surface area contributed by atoms with Crippen molar-refractivity contribution in [3.63, 3.8) is 0 Å². The van der Waals surface area contributed by atoms with Gasteiger partial charge in [-0.1, -0.05) is 0 Å². The summed E-state index contributed by atoms with van der Waals surface area (Å²) < 4.78 is 36.6. The Kier molecular flexibility index (Phi) is 3.42. The van der Waals surface area contributed by atoms with Gasteiger partial charge in [-0.05, 0) is 19.1 Å². The molecule has 0 spiro atoms. The molecule has 1 unspecified atom stereocenters. The fourth-order valence-electron chi connectivity index (χ4n) is 1.13. The van der Waals surface area contributed by atoms with E-state index >= 15 is 0 Å². The van der Waals surface area contributed by atoms with Gasteiger partial charge in [0, 0.05) is 18.3 Å². The van der Waals surface area contributed by atoms with Crippen LogP contribution in [0.1, 0.15) is 18.2 Å². The van der Waals surface area contributed by atoms with Gasteiger partial charge in [0.25, 0.3) is 0 Å². The number of hydrogen-bond donors (Lipinski definition) is 2. The fraction of sp³-hybridized carbons (Fsp3) is 0.400. The van der Waals surface area contributed by atoms with E-state index < -0.39 is 23.3 Å². The quantitative estimate of drug-likeness (QED) is 0.851. The number of rotatable bonds is 3. The van der Waals surface area contributed by atoms with Gasteiger partial charge in [-0.2, -0.15) is 13.2 Å². The zero-order chi connectivity index (χ0) is 13.3. The van der Waals surface area contributed by atoms with Crippen molar-refractivity contribution in [1.82, 2.24) is 4.98 Å². The predicted octanol–water partition coefficient (Wildman–Crippen LogP) is 1.48. The van der Waals surface area contributed by atoms with E-state index in [1.54, 1.807) is 0 Å². The average molecular weight is 249 g/mol. The molecule has 0 fully saturated rings. The Morgan fingerprint density at radius 2 is 2.00 bits per heavy atom. The summed E-state index contributed by atoms with van der Waals surface area (Å²) in [4.78, 5) is 14.1. The molecule has 0 aliphatic rings. The number of alkyl halides is 3. The first kappa shape index (κ1) is 13.4. The molecular weight excluding hydrogens is 239 g/mol. The molecule has 0 saturated heterocycles. The highest BCUT2D eigenvalue weighted by molar-refractivity contribution is 5.76. The van der Waals surface area contributed by atoms with Gasteiger partial charge in [-0.3, -0.25) is 4.98 Å². The first-order chi connectivity index (χ1) is 7.63. The van der Waals surface area contributed by atoms with Gasteiger partial charge >= 0.3 is 12.1 Å². The van der Waals surface area contributed by atoms with E-state index in [2.05, 4.69) is 4.98 Å². The van der Waals surface area contributed by atoms with Gasteiger partial charge in [0.15, 0.2) is 5.60 Å². The number of aliphatic carboxylic acids is 1. The summed E-state index contributed by atoms with van der Waals surface area (Å²) in [6.45, 7) is 1.05. The highest BCUT2D eigenvalue weighted by Crippen LogP contribution is 2.28. The summed E-state index contributed by atoms with van der Waals surface area (Å²) in [7, 11) is 0. The van der Waals surface area contributed by atoms with Crippen molar-refractivity contribution in [3.05, 3.63) is 29.6 Å². The smallest absolute Gasteiger partial charge is 0.417 e. The number of aliphatic hydroxyl groups is 1. The van der Waals surface area contributed by atoms with Crippen LogP contribution in [0.3, 0.4) is 0 Å². The van der Waals surface area contributed by atoms with Gasteiger partial charge in [-0.15, -0.1) is 0 Å². The lowest BCUT2D eigenvalue weighted by Gasteiger charge is -2.17. The lowest BCUT2D eigenvalue weighted by Crippen LogP contribution is -2.37. The number of hydrogen-bond acceptors (Lipinski definition) is 3. The molecule has 1 aromatic heterocycles. The fourth-order valence-corrected chi connectivity index (χ4v) is 1.13. The van der Waals surface area contributed by atoms with Crippen LogP contribution in [0.5, 0.6) is 0 Å². The van der Waals surface area contributed by atoms with E-state index in [1.165, 1.54) is 0 Å². The Morgan fingerprint density at radius 1 is 1.41 bits per heavy atom. The normalized spacial score (nSPS) is 15.4. The molecule has 1 rings (SSSR count). The van der Waals surface area contributed by atoms with E-state index in [0.717, 1.165) is 19.1 Å². The van der Waals surface area contributed by atoms with Crippen molar-refractivity contribution >= 4 is 5.97 Å². The van der Waals surface area contributed by atoms with Crippen LogP contribution in [0.2, 0.25) is 0 Å². The highest BCUT2D eigenvalue weighted by atomic mass is 19.4. The van der Waals surface area contributed by atoms with Gasteiger partial charge in [0.1, 0.15) is 0 Å². The second-order valence-corrected chi connectivity index (χ2v) is 3.79. The molecule has 0 bridgehead atoms. The SMILES string of the molecule is CC(O)(Cc1ccc(C(F)(F)F)cn1)C(=O)O. The Bertz CT molecular complexity index is 412. The van der Waals surface area contributed by atoms with Gasteiger partial charge < -0.3 is 10.2 Å². The highest BCUT2D eigenvalue weighted by Gasteiger charge is 2.33. The van der Waals surface area contributed by atoms with E-state index in [-0.39, 0.29) is 12.1 Å². The number of carboxylic acid groups (broad SMARTS) is 1. The Labute approximate surface area is 94.7 Å². The van der Waals surface area contributed by atoms with Crippen LogP contribution in [-0.2, 0) is 17.4 Å². The zero-order valence-electron chi connectivity index (χ0n) is 8.82. The molecule has 17 heavy (non-hydrogen) atoms. The molecule has 0 aromatic carbocycles. The minimum Gasteiger partial charge on any atom is -0.479 e. The number of aromatic nitrogens is 1. The summed E-state index contributed by atoms with van der Waals surface area (Å²) in [5.74, 6) is -1.46. The van der Waals surface area contributed by atoms with Crippen LogP contribution in [0.15, 0.2) is 18.3 Å². The lowest BCUT2D eigenvalue weighted by atomic mass is 10.00. The van der Waals surface area contributed by atoms with E-state index in [4.69, 9.17) is 5.11 Å². The standard InChI is InChI=1S/C10H10F3NO3/c1-9(17,8(15)16)4-7-3-2-6(5-14-7)10(11,12)13/h2-3,5,17H,4H2,1H3,(H,15,16). The van der Waals surface area contributed by atoms with E-state index in [0.29, 0.717) is 6.20 Å². The summed E-state index contributed by atoms with van der Waals surface area (Å²) in [6, 6.07) is 1.83. The van der Waals surface area contributed by atoms with Crippen LogP contribution >= 0.6 is 0 Å². The molecule has 1 atom stereocenters. The maximum atomic E-state index is 12.2. The molecule has 1 aromatic rings. The van der Waals surface area contributed by atoms with Crippen LogP contribution < -0.4 is 0 Å². The molecule has 7 heteroatoms. The van der Waals surface area contributed by atoms with Crippen molar-refractivity contribution in [3.8, 4) is 0 Å². The van der Waals surface area contributed by atoms with E-state index in [9.17, 15) is 23.1 Å². The van der Waals surface area contributed by atoms with Crippen LogP contribution in [0, 0.1) is 0 Å². The molecule has 0 saturated carbocycles. The lowest BCUT2D eigenvalue weighted by molar-refractivity contribution is -0.156. The number of pyridine rings is 1. The van der Waals surface area contributed by atoms with Crippen molar-refractivity contribution in [1.29, 1.82) is 0 Å². The van der Waals surface area contributed by atoms with Crippen molar-refractivity contribution in [2.45, 2.75) is 25.1 Å².